The molecule has 1 fully saturated rings. The van der Waals surface area contributed by atoms with Crippen LogP contribution in [0.15, 0.2) is 24.3 Å². The molecule has 0 spiro atoms. The molecule has 0 bridgehead atoms. The molecule has 0 amide bonds. The molecule has 1 aromatic carbocycles. The zero-order valence-electron chi connectivity index (χ0n) is 11.7. The van der Waals surface area contributed by atoms with E-state index in [9.17, 15) is 0 Å². The van der Waals surface area contributed by atoms with E-state index in [2.05, 4.69) is 12.2 Å². The number of nitrogens with one attached hydrogen (secondary N) is 1. The third-order valence-corrected chi connectivity index (χ3v) is 4.19. The molecule has 19 heavy (non-hydrogen) atoms. The van der Waals surface area contributed by atoms with E-state index in [1.165, 1.54) is 32.1 Å². The van der Waals surface area contributed by atoms with E-state index in [1.54, 1.807) is 0 Å². The summed E-state index contributed by atoms with van der Waals surface area (Å²) in [4.78, 5) is 0. The summed E-state index contributed by atoms with van der Waals surface area (Å²) in [6.07, 6.45) is 6.97. The molecule has 106 valence electrons. The second kappa shape index (κ2) is 7.76. The van der Waals surface area contributed by atoms with Gasteiger partial charge in [0.2, 0.25) is 0 Å². The summed E-state index contributed by atoms with van der Waals surface area (Å²) >= 11 is 5.85. The molecule has 0 heterocycles. The van der Waals surface area contributed by atoms with Gasteiger partial charge in [0.05, 0.1) is 12.7 Å². The largest absolute Gasteiger partial charge is 0.383 e. The second-order valence-corrected chi connectivity index (χ2v) is 5.80. The molecule has 0 aromatic heterocycles. The first-order valence-electron chi connectivity index (χ1n) is 7.39. The van der Waals surface area contributed by atoms with Gasteiger partial charge in [-0.15, -0.1) is 0 Å². The maximum absolute atomic E-state index is 5.97. The van der Waals surface area contributed by atoms with Crippen molar-refractivity contribution in [1.82, 2.24) is 0 Å². The number of hydrogen-bond donors (Lipinski definition) is 1. The van der Waals surface area contributed by atoms with Gasteiger partial charge in [0.25, 0.3) is 0 Å². The van der Waals surface area contributed by atoms with E-state index in [0.717, 1.165) is 29.8 Å². The number of benzene rings is 1. The Balaban J connectivity index is 1.62. The second-order valence-electron chi connectivity index (χ2n) is 5.37. The highest BCUT2D eigenvalue weighted by molar-refractivity contribution is 6.30. The molecule has 0 saturated heterocycles. The highest BCUT2D eigenvalue weighted by atomic mass is 35.5. The lowest BCUT2D eigenvalue weighted by molar-refractivity contribution is 0.0181. The molecule has 2 atom stereocenters. The highest BCUT2D eigenvalue weighted by Crippen LogP contribution is 2.28. The Hall–Kier alpha value is -0.730. The van der Waals surface area contributed by atoms with Crippen molar-refractivity contribution in [3.8, 4) is 0 Å². The lowest BCUT2D eigenvalue weighted by Crippen LogP contribution is -2.24. The molecule has 1 aliphatic rings. The first-order chi connectivity index (χ1) is 9.28. The van der Waals surface area contributed by atoms with Gasteiger partial charge in [-0.1, -0.05) is 37.8 Å². The molecule has 2 unspecified atom stereocenters. The Bertz CT molecular complexity index is 366. The molecule has 2 nitrogen and oxygen atoms in total. The number of hydrogen-bond acceptors (Lipinski definition) is 2. The smallest absolute Gasteiger partial charge is 0.0642 e. The van der Waals surface area contributed by atoms with Crippen LogP contribution in [-0.4, -0.2) is 19.3 Å². The molecule has 0 radical (unpaired) electrons. The molecular weight excluding hydrogens is 258 g/mol. The predicted molar refractivity (Wildman–Crippen MR) is 81.9 cm³/mol. The fraction of sp³-hybridized carbons (Fsp3) is 0.625. The number of rotatable bonds is 6. The van der Waals surface area contributed by atoms with Gasteiger partial charge in [-0.25, -0.2) is 0 Å². The van der Waals surface area contributed by atoms with E-state index in [0.29, 0.717) is 6.10 Å². The number of halogens is 1. The summed E-state index contributed by atoms with van der Waals surface area (Å²) in [6, 6.07) is 7.79. The Kier molecular flexibility index (Phi) is 5.99. The summed E-state index contributed by atoms with van der Waals surface area (Å²) in [5.74, 6) is 0.878. The maximum Gasteiger partial charge on any atom is 0.0642 e. The summed E-state index contributed by atoms with van der Waals surface area (Å²) < 4.78 is 5.97. The molecule has 0 aliphatic heterocycles. The third kappa shape index (κ3) is 5.04. The van der Waals surface area contributed by atoms with Gasteiger partial charge in [-0.05, 0) is 43.0 Å². The van der Waals surface area contributed by atoms with Crippen molar-refractivity contribution in [3.63, 3.8) is 0 Å². The molecule has 2 rings (SSSR count). The molecule has 1 aromatic rings. The van der Waals surface area contributed by atoms with E-state index in [4.69, 9.17) is 16.3 Å². The van der Waals surface area contributed by atoms with E-state index in [-0.39, 0.29) is 0 Å². The van der Waals surface area contributed by atoms with Crippen molar-refractivity contribution in [2.24, 2.45) is 5.92 Å². The zero-order valence-corrected chi connectivity index (χ0v) is 12.5. The van der Waals surface area contributed by atoms with Crippen LogP contribution in [0.3, 0.4) is 0 Å². The van der Waals surface area contributed by atoms with Gasteiger partial charge in [0.15, 0.2) is 0 Å². The van der Waals surface area contributed by atoms with Gasteiger partial charge in [-0.3, -0.25) is 0 Å². The topological polar surface area (TPSA) is 21.3 Å². The Labute approximate surface area is 121 Å². The van der Waals surface area contributed by atoms with Crippen LogP contribution in [0.5, 0.6) is 0 Å². The Morgan fingerprint density at radius 2 is 2.05 bits per heavy atom. The van der Waals surface area contributed by atoms with Crippen LogP contribution in [-0.2, 0) is 4.74 Å². The molecular formula is C16H24ClNO. The van der Waals surface area contributed by atoms with Gasteiger partial charge in [0.1, 0.15) is 0 Å². The van der Waals surface area contributed by atoms with E-state index < -0.39 is 0 Å². The van der Waals surface area contributed by atoms with Crippen LogP contribution in [0.4, 0.5) is 5.69 Å². The Morgan fingerprint density at radius 3 is 2.79 bits per heavy atom. The SMILES string of the molecule is CCC1CCCC(OCCNc2ccc(Cl)cc2)C1. The van der Waals surface area contributed by atoms with E-state index in [1.807, 2.05) is 24.3 Å². The first-order valence-corrected chi connectivity index (χ1v) is 7.76. The lowest BCUT2D eigenvalue weighted by Gasteiger charge is -2.28. The fourth-order valence-corrected chi connectivity index (χ4v) is 2.88. The minimum absolute atomic E-state index is 0.478. The Morgan fingerprint density at radius 1 is 1.26 bits per heavy atom. The minimum atomic E-state index is 0.478. The van der Waals surface area contributed by atoms with Crippen molar-refractivity contribution < 1.29 is 4.74 Å². The maximum atomic E-state index is 5.97. The predicted octanol–water partition coefficient (Wildman–Crippen LogP) is 4.74. The molecule has 1 N–H and O–H groups in total. The van der Waals surface area contributed by atoms with Crippen LogP contribution >= 0.6 is 11.6 Å². The van der Waals surface area contributed by atoms with Crippen molar-refractivity contribution in [1.29, 1.82) is 0 Å². The van der Waals surface area contributed by atoms with Gasteiger partial charge < -0.3 is 10.1 Å². The van der Waals surface area contributed by atoms with Gasteiger partial charge in [-0.2, -0.15) is 0 Å². The van der Waals surface area contributed by atoms with E-state index >= 15 is 0 Å². The van der Waals surface area contributed by atoms with Crippen molar-refractivity contribution in [3.05, 3.63) is 29.3 Å². The van der Waals surface area contributed by atoms with Crippen molar-refractivity contribution in [2.75, 3.05) is 18.5 Å². The average molecular weight is 282 g/mol. The number of anilines is 1. The van der Waals surface area contributed by atoms with Crippen LogP contribution in [0.25, 0.3) is 0 Å². The summed E-state index contributed by atoms with van der Waals surface area (Å²) in [5.41, 5.74) is 1.10. The lowest BCUT2D eigenvalue weighted by atomic mass is 9.85. The monoisotopic (exact) mass is 281 g/mol. The standard InChI is InChI=1S/C16H24ClNO/c1-2-13-4-3-5-16(12-13)19-11-10-18-15-8-6-14(17)7-9-15/h6-9,13,16,18H,2-5,10-12H2,1H3. The quantitative estimate of drug-likeness (QED) is 0.761. The molecule has 3 heteroatoms. The third-order valence-electron chi connectivity index (χ3n) is 3.94. The summed E-state index contributed by atoms with van der Waals surface area (Å²) in [6.45, 7) is 3.92. The normalized spacial score (nSPS) is 23.3. The van der Waals surface area contributed by atoms with Gasteiger partial charge >= 0.3 is 0 Å². The zero-order chi connectivity index (χ0) is 13.5. The van der Waals surface area contributed by atoms with Crippen LogP contribution in [0.2, 0.25) is 5.02 Å². The average Bonchev–Trinajstić information content (AvgIpc) is 2.46. The highest BCUT2D eigenvalue weighted by Gasteiger charge is 2.20. The summed E-state index contributed by atoms with van der Waals surface area (Å²) in [7, 11) is 0. The first kappa shape index (κ1) is 14.7. The van der Waals surface area contributed by atoms with Crippen LogP contribution < -0.4 is 5.32 Å². The number of ether oxygens (including phenoxy) is 1. The molecule has 1 saturated carbocycles. The molecule has 1 aliphatic carbocycles. The minimum Gasteiger partial charge on any atom is -0.383 e. The van der Waals surface area contributed by atoms with Crippen LogP contribution in [0.1, 0.15) is 39.0 Å². The van der Waals surface area contributed by atoms with Crippen molar-refractivity contribution in [2.45, 2.75) is 45.1 Å². The summed E-state index contributed by atoms with van der Waals surface area (Å²) in [5, 5.41) is 4.13. The fourth-order valence-electron chi connectivity index (χ4n) is 2.75. The van der Waals surface area contributed by atoms with Crippen LogP contribution in [0, 0.1) is 5.92 Å². The van der Waals surface area contributed by atoms with Crippen molar-refractivity contribution >= 4 is 17.3 Å². The van der Waals surface area contributed by atoms with Gasteiger partial charge in [0, 0.05) is 17.3 Å².